The standard InChI is InChI=1S/C10H18O3S/c1-5-7-9(4)10(8(3)6-2)14(11,12)13/h7H,5-6H2,1-4H3,(H,11,12,13)/b9-7-,10-8+. The fraction of sp³-hybridized carbons (Fsp3) is 0.600. The van der Waals surface area contributed by atoms with Crippen LogP contribution in [-0.2, 0) is 10.1 Å². The summed E-state index contributed by atoms with van der Waals surface area (Å²) < 4.78 is 31.3. The van der Waals surface area contributed by atoms with E-state index in [1.807, 2.05) is 13.8 Å². The Morgan fingerprint density at radius 1 is 1.29 bits per heavy atom. The summed E-state index contributed by atoms with van der Waals surface area (Å²) in [5, 5.41) is 0. The molecule has 0 bridgehead atoms. The zero-order valence-electron chi connectivity index (χ0n) is 9.16. The van der Waals surface area contributed by atoms with Gasteiger partial charge in [0.15, 0.2) is 0 Å². The SMILES string of the molecule is CC/C=C(C)\C(=C(\C)CC)S(=O)(=O)O. The lowest BCUT2D eigenvalue weighted by molar-refractivity contribution is 0.491. The molecule has 1 N–H and O–H groups in total. The molecular formula is C10H18O3S. The normalized spacial score (nSPS) is 15.4. The number of hydrogen-bond acceptors (Lipinski definition) is 2. The zero-order chi connectivity index (χ0) is 11.4. The second kappa shape index (κ2) is 5.32. The van der Waals surface area contributed by atoms with E-state index in [0.717, 1.165) is 6.42 Å². The van der Waals surface area contributed by atoms with E-state index in [2.05, 4.69) is 0 Å². The van der Waals surface area contributed by atoms with E-state index >= 15 is 0 Å². The highest BCUT2D eigenvalue weighted by Crippen LogP contribution is 2.22. The zero-order valence-corrected chi connectivity index (χ0v) is 9.98. The van der Waals surface area contributed by atoms with Gasteiger partial charge in [-0.3, -0.25) is 4.55 Å². The smallest absolute Gasteiger partial charge is 0.282 e. The van der Waals surface area contributed by atoms with Gasteiger partial charge in [0, 0.05) is 0 Å². The molecule has 0 atom stereocenters. The summed E-state index contributed by atoms with van der Waals surface area (Å²) in [7, 11) is -4.09. The van der Waals surface area contributed by atoms with Crippen molar-refractivity contribution in [3.05, 3.63) is 22.1 Å². The lowest BCUT2D eigenvalue weighted by atomic mass is 10.1. The first-order chi connectivity index (χ1) is 6.34. The Kier molecular flexibility index (Phi) is 5.08. The van der Waals surface area contributed by atoms with Gasteiger partial charge in [0.05, 0.1) is 4.91 Å². The van der Waals surface area contributed by atoms with Gasteiger partial charge in [0.25, 0.3) is 10.1 Å². The molecule has 0 aromatic rings. The summed E-state index contributed by atoms with van der Waals surface area (Å²) in [5.41, 5.74) is 1.31. The highest BCUT2D eigenvalue weighted by molar-refractivity contribution is 7.90. The highest BCUT2D eigenvalue weighted by Gasteiger charge is 2.17. The molecule has 4 heteroatoms. The summed E-state index contributed by atoms with van der Waals surface area (Å²) in [4.78, 5) is 0.0712. The first-order valence-corrected chi connectivity index (χ1v) is 6.12. The third-order valence-corrected chi connectivity index (χ3v) is 3.23. The first kappa shape index (κ1) is 13.4. The molecule has 0 fully saturated rings. The van der Waals surface area contributed by atoms with Crippen LogP contribution in [0.2, 0.25) is 0 Å². The van der Waals surface area contributed by atoms with Gasteiger partial charge in [-0.05, 0) is 32.3 Å². The van der Waals surface area contributed by atoms with Crippen molar-refractivity contribution in [2.24, 2.45) is 0 Å². The van der Waals surface area contributed by atoms with Crippen molar-refractivity contribution < 1.29 is 13.0 Å². The molecule has 0 saturated heterocycles. The summed E-state index contributed by atoms with van der Waals surface area (Å²) in [6, 6.07) is 0. The predicted molar refractivity (Wildman–Crippen MR) is 58.6 cm³/mol. The maximum absolute atomic E-state index is 11.1. The van der Waals surface area contributed by atoms with E-state index in [1.165, 1.54) is 0 Å². The molecule has 82 valence electrons. The summed E-state index contributed by atoms with van der Waals surface area (Å²) in [6.07, 6.45) is 3.16. The van der Waals surface area contributed by atoms with Crippen LogP contribution in [-0.4, -0.2) is 13.0 Å². The average molecular weight is 218 g/mol. The van der Waals surface area contributed by atoms with Crippen LogP contribution in [0.15, 0.2) is 22.1 Å². The van der Waals surface area contributed by atoms with Crippen molar-refractivity contribution in [3.63, 3.8) is 0 Å². The van der Waals surface area contributed by atoms with Crippen molar-refractivity contribution in [2.45, 2.75) is 40.5 Å². The summed E-state index contributed by atoms with van der Waals surface area (Å²) in [6.45, 7) is 7.20. The second-order valence-corrected chi connectivity index (χ2v) is 4.59. The monoisotopic (exact) mass is 218 g/mol. The summed E-state index contributed by atoms with van der Waals surface area (Å²) in [5.74, 6) is 0. The van der Waals surface area contributed by atoms with Crippen LogP contribution in [0.4, 0.5) is 0 Å². The van der Waals surface area contributed by atoms with Crippen molar-refractivity contribution >= 4 is 10.1 Å². The minimum absolute atomic E-state index is 0.0712. The van der Waals surface area contributed by atoms with Crippen LogP contribution in [0.5, 0.6) is 0 Å². The average Bonchev–Trinajstić information content (AvgIpc) is 2.02. The molecule has 0 radical (unpaired) electrons. The van der Waals surface area contributed by atoms with E-state index in [-0.39, 0.29) is 4.91 Å². The Morgan fingerprint density at radius 2 is 1.79 bits per heavy atom. The van der Waals surface area contributed by atoms with Gasteiger partial charge in [-0.15, -0.1) is 0 Å². The van der Waals surface area contributed by atoms with Gasteiger partial charge in [-0.2, -0.15) is 8.42 Å². The van der Waals surface area contributed by atoms with E-state index in [9.17, 15) is 8.42 Å². The van der Waals surface area contributed by atoms with Gasteiger partial charge in [-0.1, -0.05) is 25.5 Å². The van der Waals surface area contributed by atoms with E-state index in [0.29, 0.717) is 17.6 Å². The quantitative estimate of drug-likeness (QED) is 0.583. The van der Waals surface area contributed by atoms with Crippen LogP contribution in [0.25, 0.3) is 0 Å². The minimum Gasteiger partial charge on any atom is -0.282 e. The van der Waals surface area contributed by atoms with Crippen LogP contribution in [0.1, 0.15) is 40.5 Å². The Hall–Kier alpha value is -0.610. The molecule has 0 aromatic heterocycles. The predicted octanol–water partition coefficient (Wildman–Crippen LogP) is 2.91. The van der Waals surface area contributed by atoms with Gasteiger partial charge in [0.2, 0.25) is 0 Å². The number of hydrogen-bond donors (Lipinski definition) is 1. The number of rotatable bonds is 4. The van der Waals surface area contributed by atoms with Crippen molar-refractivity contribution in [3.8, 4) is 0 Å². The molecular weight excluding hydrogens is 200 g/mol. The Labute approximate surface area is 86.3 Å². The third-order valence-electron chi connectivity index (χ3n) is 2.04. The van der Waals surface area contributed by atoms with Crippen molar-refractivity contribution in [1.82, 2.24) is 0 Å². The van der Waals surface area contributed by atoms with E-state index in [4.69, 9.17) is 4.55 Å². The van der Waals surface area contributed by atoms with E-state index < -0.39 is 10.1 Å². The molecule has 0 rings (SSSR count). The Morgan fingerprint density at radius 3 is 2.07 bits per heavy atom. The molecule has 0 aliphatic carbocycles. The fourth-order valence-corrected chi connectivity index (χ4v) is 2.39. The van der Waals surface area contributed by atoms with Crippen LogP contribution in [0.3, 0.4) is 0 Å². The van der Waals surface area contributed by atoms with Crippen molar-refractivity contribution in [1.29, 1.82) is 0 Å². The topological polar surface area (TPSA) is 54.4 Å². The molecule has 0 aliphatic rings. The molecule has 0 heterocycles. The molecule has 0 aliphatic heterocycles. The van der Waals surface area contributed by atoms with Crippen LogP contribution < -0.4 is 0 Å². The molecule has 0 aromatic carbocycles. The molecule has 0 saturated carbocycles. The third kappa shape index (κ3) is 3.64. The van der Waals surface area contributed by atoms with Gasteiger partial charge in [0.1, 0.15) is 0 Å². The summed E-state index contributed by atoms with van der Waals surface area (Å²) >= 11 is 0. The first-order valence-electron chi connectivity index (χ1n) is 4.68. The van der Waals surface area contributed by atoms with E-state index in [1.54, 1.807) is 19.9 Å². The Bertz CT molecular complexity index is 348. The molecule has 3 nitrogen and oxygen atoms in total. The minimum atomic E-state index is -4.09. The maximum atomic E-state index is 11.1. The molecule has 0 spiro atoms. The number of allylic oxidation sites excluding steroid dienone is 3. The van der Waals surface area contributed by atoms with Gasteiger partial charge >= 0.3 is 0 Å². The van der Waals surface area contributed by atoms with Gasteiger partial charge < -0.3 is 0 Å². The lowest BCUT2D eigenvalue weighted by Crippen LogP contribution is -2.06. The molecule has 0 unspecified atom stereocenters. The van der Waals surface area contributed by atoms with Crippen LogP contribution in [0, 0.1) is 0 Å². The van der Waals surface area contributed by atoms with Crippen LogP contribution >= 0.6 is 0 Å². The largest absolute Gasteiger partial charge is 0.294 e. The lowest BCUT2D eigenvalue weighted by Gasteiger charge is -2.08. The second-order valence-electron chi connectivity index (χ2n) is 3.23. The van der Waals surface area contributed by atoms with Gasteiger partial charge in [-0.25, -0.2) is 0 Å². The Balaban J connectivity index is 5.49. The maximum Gasteiger partial charge on any atom is 0.294 e. The van der Waals surface area contributed by atoms with Crippen molar-refractivity contribution in [2.75, 3.05) is 0 Å². The fourth-order valence-electron chi connectivity index (χ4n) is 1.32. The molecule has 0 amide bonds. The highest BCUT2D eigenvalue weighted by atomic mass is 32.2. The molecule has 14 heavy (non-hydrogen) atoms.